The van der Waals surface area contributed by atoms with E-state index in [4.69, 9.17) is 9.47 Å². The van der Waals surface area contributed by atoms with E-state index in [2.05, 4.69) is 0 Å². The number of nitro groups is 1. The average molecular weight is 333 g/mol. The number of nitro benzene ring substituents is 1. The van der Waals surface area contributed by atoms with Crippen molar-refractivity contribution in [1.82, 2.24) is 4.90 Å². The summed E-state index contributed by atoms with van der Waals surface area (Å²) in [4.78, 5) is 24.0. The van der Waals surface area contributed by atoms with E-state index in [1.165, 1.54) is 23.1 Å². The summed E-state index contributed by atoms with van der Waals surface area (Å²) in [5.74, 6) is 0. The average Bonchev–Trinajstić information content (AvgIpc) is 2.52. The summed E-state index contributed by atoms with van der Waals surface area (Å²) >= 11 is 0. The van der Waals surface area contributed by atoms with Crippen molar-refractivity contribution in [1.29, 1.82) is 5.26 Å². The largest absolute Gasteiger partial charge is 0.444 e. The molecule has 8 heteroatoms. The lowest BCUT2D eigenvalue weighted by Gasteiger charge is -2.34. The van der Waals surface area contributed by atoms with Crippen molar-refractivity contribution in [3.8, 4) is 6.07 Å². The van der Waals surface area contributed by atoms with Crippen LogP contribution in [0.5, 0.6) is 0 Å². The first-order chi connectivity index (χ1) is 11.2. The van der Waals surface area contributed by atoms with Gasteiger partial charge in [-0.2, -0.15) is 5.26 Å². The Hall–Kier alpha value is -2.66. The number of carbonyl (C=O) groups is 1. The van der Waals surface area contributed by atoms with Gasteiger partial charge in [-0.25, -0.2) is 4.79 Å². The maximum absolute atomic E-state index is 12.2. The zero-order valence-electron chi connectivity index (χ0n) is 13.8. The fourth-order valence-corrected chi connectivity index (χ4v) is 2.37. The number of rotatable bonds is 2. The Morgan fingerprint density at radius 1 is 1.50 bits per heavy atom. The number of amides is 1. The van der Waals surface area contributed by atoms with E-state index in [-0.39, 0.29) is 17.8 Å². The van der Waals surface area contributed by atoms with Crippen LogP contribution in [0, 0.1) is 21.4 Å². The highest BCUT2D eigenvalue weighted by molar-refractivity contribution is 5.68. The standard InChI is InChI=1S/C16H19N3O5/c1-16(2,3)24-15(20)18-6-7-23-14(10-18)13-5-4-12(19(21)22)8-11(13)9-17/h4-5,8,14H,6-7,10H2,1-3H3/t14-/m1/s1. The van der Waals surface area contributed by atoms with Crippen LogP contribution in [0.2, 0.25) is 0 Å². The first-order valence-electron chi connectivity index (χ1n) is 7.49. The van der Waals surface area contributed by atoms with Crippen LogP contribution in [0.15, 0.2) is 18.2 Å². The van der Waals surface area contributed by atoms with Gasteiger partial charge in [-0.3, -0.25) is 10.1 Å². The number of morpholine rings is 1. The lowest BCUT2D eigenvalue weighted by molar-refractivity contribution is -0.384. The van der Waals surface area contributed by atoms with Gasteiger partial charge in [0.2, 0.25) is 0 Å². The van der Waals surface area contributed by atoms with Crippen LogP contribution >= 0.6 is 0 Å². The molecule has 24 heavy (non-hydrogen) atoms. The van der Waals surface area contributed by atoms with E-state index < -0.39 is 22.7 Å². The third kappa shape index (κ3) is 4.20. The van der Waals surface area contributed by atoms with E-state index in [1.54, 1.807) is 20.8 Å². The number of carbonyl (C=O) groups excluding carboxylic acids is 1. The summed E-state index contributed by atoms with van der Waals surface area (Å²) in [7, 11) is 0. The van der Waals surface area contributed by atoms with Crippen molar-refractivity contribution in [2.24, 2.45) is 0 Å². The lowest BCUT2D eigenvalue weighted by Crippen LogP contribution is -2.44. The number of hydrogen-bond donors (Lipinski definition) is 0. The molecule has 1 amide bonds. The summed E-state index contributed by atoms with van der Waals surface area (Å²) in [6.45, 7) is 6.26. The Morgan fingerprint density at radius 2 is 2.21 bits per heavy atom. The third-order valence-corrected chi connectivity index (χ3v) is 3.43. The van der Waals surface area contributed by atoms with Gasteiger partial charge in [0, 0.05) is 24.2 Å². The molecule has 1 aromatic rings. The number of nitriles is 1. The molecule has 0 aromatic heterocycles. The molecule has 1 atom stereocenters. The molecule has 2 rings (SSSR count). The molecule has 0 spiro atoms. The minimum absolute atomic E-state index is 0.157. The molecular formula is C16H19N3O5. The Morgan fingerprint density at radius 3 is 2.79 bits per heavy atom. The molecule has 0 radical (unpaired) electrons. The van der Waals surface area contributed by atoms with Crippen molar-refractivity contribution in [2.45, 2.75) is 32.5 Å². The van der Waals surface area contributed by atoms with Gasteiger partial charge in [-0.15, -0.1) is 0 Å². The number of hydrogen-bond acceptors (Lipinski definition) is 6. The van der Waals surface area contributed by atoms with Crippen LogP contribution < -0.4 is 0 Å². The first-order valence-corrected chi connectivity index (χ1v) is 7.49. The summed E-state index contributed by atoms with van der Waals surface area (Å²) in [5, 5.41) is 20.1. The van der Waals surface area contributed by atoms with Crippen LogP contribution in [-0.4, -0.2) is 41.2 Å². The summed E-state index contributed by atoms with van der Waals surface area (Å²) in [6.07, 6.45) is -0.974. The SMILES string of the molecule is CC(C)(C)OC(=O)N1CCO[C@@H](c2ccc([N+](=O)[O-])cc2C#N)C1. The van der Waals surface area contributed by atoms with Gasteiger partial charge in [-0.1, -0.05) is 0 Å². The fourth-order valence-electron chi connectivity index (χ4n) is 2.37. The zero-order chi connectivity index (χ0) is 17.9. The smallest absolute Gasteiger partial charge is 0.410 e. The second-order valence-corrected chi connectivity index (χ2v) is 6.43. The summed E-state index contributed by atoms with van der Waals surface area (Å²) < 4.78 is 11.0. The Bertz CT molecular complexity index is 690. The summed E-state index contributed by atoms with van der Waals surface area (Å²) in [6, 6.07) is 5.99. The highest BCUT2D eigenvalue weighted by Gasteiger charge is 2.30. The molecule has 1 aliphatic heterocycles. The van der Waals surface area contributed by atoms with Crippen molar-refractivity contribution in [2.75, 3.05) is 19.7 Å². The van der Waals surface area contributed by atoms with Gasteiger partial charge in [0.05, 0.1) is 29.7 Å². The molecular weight excluding hydrogens is 314 g/mol. The third-order valence-electron chi connectivity index (χ3n) is 3.43. The van der Waals surface area contributed by atoms with E-state index in [0.717, 1.165) is 0 Å². The Kier molecular flexibility index (Phi) is 5.04. The van der Waals surface area contributed by atoms with Gasteiger partial charge >= 0.3 is 6.09 Å². The molecule has 1 saturated heterocycles. The Labute approximate surface area is 139 Å². The van der Waals surface area contributed by atoms with E-state index >= 15 is 0 Å². The molecule has 8 nitrogen and oxygen atoms in total. The van der Waals surface area contributed by atoms with Gasteiger partial charge < -0.3 is 14.4 Å². The van der Waals surface area contributed by atoms with Crippen LogP contribution in [0.25, 0.3) is 0 Å². The molecule has 1 aliphatic rings. The van der Waals surface area contributed by atoms with Crippen LogP contribution in [0.4, 0.5) is 10.5 Å². The molecule has 0 aliphatic carbocycles. The predicted octanol–water partition coefficient (Wildman–Crippen LogP) is 2.77. The van der Waals surface area contributed by atoms with Crippen LogP contribution in [0.3, 0.4) is 0 Å². The number of nitrogens with zero attached hydrogens (tertiary/aromatic N) is 3. The topological polar surface area (TPSA) is 106 Å². The normalized spacial score (nSPS) is 17.9. The Balaban J connectivity index is 2.19. The van der Waals surface area contributed by atoms with Gasteiger partial charge in [0.15, 0.2) is 0 Å². The van der Waals surface area contributed by atoms with Gasteiger partial charge in [0.1, 0.15) is 11.7 Å². The number of benzene rings is 1. The zero-order valence-corrected chi connectivity index (χ0v) is 13.8. The maximum atomic E-state index is 12.2. The fraction of sp³-hybridized carbons (Fsp3) is 0.500. The molecule has 0 N–H and O–H groups in total. The van der Waals surface area contributed by atoms with Gasteiger partial charge in [-0.05, 0) is 26.8 Å². The second-order valence-electron chi connectivity index (χ2n) is 6.43. The number of ether oxygens (including phenoxy) is 2. The van der Waals surface area contributed by atoms with Crippen molar-refractivity contribution in [3.63, 3.8) is 0 Å². The minimum Gasteiger partial charge on any atom is -0.444 e. The van der Waals surface area contributed by atoms with E-state index in [0.29, 0.717) is 18.7 Å². The lowest BCUT2D eigenvalue weighted by atomic mass is 10.0. The first kappa shape index (κ1) is 17.7. The number of non-ortho nitro benzene ring substituents is 1. The quantitative estimate of drug-likeness (QED) is 0.608. The molecule has 0 bridgehead atoms. The van der Waals surface area contributed by atoms with Gasteiger partial charge in [0.25, 0.3) is 5.69 Å². The molecule has 0 saturated carbocycles. The van der Waals surface area contributed by atoms with Crippen molar-refractivity contribution in [3.05, 3.63) is 39.4 Å². The van der Waals surface area contributed by atoms with E-state index in [1.807, 2.05) is 6.07 Å². The van der Waals surface area contributed by atoms with Crippen molar-refractivity contribution < 1.29 is 19.2 Å². The van der Waals surface area contributed by atoms with Crippen LogP contribution in [0.1, 0.15) is 38.0 Å². The van der Waals surface area contributed by atoms with Crippen molar-refractivity contribution >= 4 is 11.8 Å². The highest BCUT2D eigenvalue weighted by atomic mass is 16.6. The molecule has 1 fully saturated rings. The highest BCUT2D eigenvalue weighted by Crippen LogP contribution is 2.28. The second kappa shape index (κ2) is 6.84. The monoisotopic (exact) mass is 333 g/mol. The predicted molar refractivity (Wildman–Crippen MR) is 84.3 cm³/mol. The molecule has 128 valence electrons. The minimum atomic E-state index is -0.601. The molecule has 1 heterocycles. The summed E-state index contributed by atoms with van der Waals surface area (Å²) in [5.41, 5.74) is -0.0671. The maximum Gasteiger partial charge on any atom is 0.410 e. The molecule has 0 unspecified atom stereocenters. The van der Waals surface area contributed by atoms with E-state index in [9.17, 15) is 20.2 Å². The van der Waals surface area contributed by atoms with Crippen LogP contribution in [-0.2, 0) is 9.47 Å². The molecule has 1 aromatic carbocycles.